The number of halogens is 1. The van der Waals surface area contributed by atoms with Gasteiger partial charge in [0, 0.05) is 13.0 Å². The Hall–Kier alpha value is -2.36. The zero-order valence-electron chi connectivity index (χ0n) is 12.6. The van der Waals surface area contributed by atoms with Crippen molar-refractivity contribution in [2.75, 3.05) is 13.7 Å². The van der Waals surface area contributed by atoms with Crippen LogP contribution in [0, 0.1) is 5.82 Å². The molecule has 0 radical (unpaired) electrons. The van der Waals surface area contributed by atoms with Gasteiger partial charge in [-0.1, -0.05) is 30.3 Å². The molecule has 0 heterocycles. The van der Waals surface area contributed by atoms with Gasteiger partial charge in [0.2, 0.25) is 5.91 Å². The van der Waals surface area contributed by atoms with Gasteiger partial charge in [0.25, 0.3) is 0 Å². The van der Waals surface area contributed by atoms with Crippen LogP contribution in [-0.4, -0.2) is 19.6 Å². The number of nitrogens with one attached hydrogen (secondary N) is 1. The SMILES string of the molecule is COc1cccc(CCC(=O)NCCc2ccccc2F)c1. The summed E-state index contributed by atoms with van der Waals surface area (Å²) in [6.07, 6.45) is 1.56. The number of rotatable bonds is 7. The molecule has 0 atom stereocenters. The van der Waals surface area contributed by atoms with Crippen LogP contribution < -0.4 is 10.1 Å². The number of carbonyl (C=O) groups is 1. The second kappa shape index (κ2) is 8.17. The third kappa shape index (κ3) is 4.88. The second-order valence-electron chi connectivity index (χ2n) is 5.04. The fourth-order valence-electron chi connectivity index (χ4n) is 2.21. The Morgan fingerprint density at radius 1 is 1.14 bits per heavy atom. The van der Waals surface area contributed by atoms with Crippen LogP contribution in [0.25, 0.3) is 0 Å². The third-order valence-electron chi connectivity index (χ3n) is 3.45. The number of hydrogen-bond donors (Lipinski definition) is 1. The van der Waals surface area contributed by atoms with Crippen molar-refractivity contribution in [3.05, 3.63) is 65.5 Å². The van der Waals surface area contributed by atoms with Crippen LogP contribution >= 0.6 is 0 Å². The topological polar surface area (TPSA) is 38.3 Å². The van der Waals surface area contributed by atoms with E-state index in [9.17, 15) is 9.18 Å². The minimum absolute atomic E-state index is 0.0286. The van der Waals surface area contributed by atoms with Crippen molar-refractivity contribution >= 4 is 5.91 Å². The van der Waals surface area contributed by atoms with Crippen LogP contribution in [0.5, 0.6) is 5.75 Å². The van der Waals surface area contributed by atoms with E-state index in [-0.39, 0.29) is 11.7 Å². The fraction of sp³-hybridized carbons (Fsp3) is 0.278. The van der Waals surface area contributed by atoms with Gasteiger partial charge in [0.15, 0.2) is 0 Å². The van der Waals surface area contributed by atoms with Gasteiger partial charge in [-0.25, -0.2) is 4.39 Å². The van der Waals surface area contributed by atoms with Crippen molar-refractivity contribution in [3.8, 4) is 5.75 Å². The van der Waals surface area contributed by atoms with Crippen molar-refractivity contribution in [2.45, 2.75) is 19.3 Å². The first-order valence-electron chi connectivity index (χ1n) is 7.32. The number of benzene rings is 2. The van der Waals surface area contributed by atoms with E-state index in [0.29, 0.717) is 31.4 Å². The molecule has 0 spiro atoms. The van der Waals surface area contributed by atoms with E-state index in [1.54, 1.807) is 25.3 Å². The average Bonchev–Trinajstić information content (AvgIpc) is 2.55. The fourth-order valence-corrected chi connectivity index (χ4v) is 2.21. The zero-order chi connectivity index (χ0) is 15.8. The molecule has 0 bridgehead atoms. The van der Waals surface area contributed by atoms with Crippen LogP contribution in [0.3, 0.4) is 0 Å². The summed E-state index contributed by atoms with van der Waals surface area (Å²) in [6.45, 7) is 0.442. The number of hydrogen-bond acceptors (Lipinski definition) is 2. The first-order chi connectivity index (χ1) is 10.7. The van der Waals surface area contributed by atoms with Crippen LogP contribution in [-0.2, 0) is 17.6 Å². The van der Waals surface area contributed by atoms with E-state index in [4.69, 9.17) is 4.74 Å². The van der Waals surface area contributed by atoms with E-state index in [2.05, 4.69) is 5.32 Å². The summed E-state index contributed by atoms with van der Waals surface area (Å²) in [7, 11) is 1.62. The van der Waals surface area contributed by atoms with Gasteiger partial charge in [0.05, 0.1) is 7.11 Å². The molecule has 3 nitrogen and oxygen atoms in total. The van der Waals surface area contributed by atoms with Crippen LogP contribution in [0.4, 0.5) is 4.39 Å². The molecule has 0 unspecified atom stereocenters. The molecule has 0 aromatic heterocycles. The molecule has 0 saturated heterocycles. The van der Waals surface area contributed by atoms with Crippen molar-refractivity contribution in [1.29, 1.82) is 0 Å². The molecule has 0 fully saturated rings. The summed E-state index contributed by atoms with van der Waals surface area (Å²) in [4.78, 5) is 11.8. The number of aryl methyl sites for hydroxylation is 1. The summed E-state index contributed by atoms with van der Waals surface area (Å²) >= 11 is 0. The minimum Gasteiger partial charge on any atom is -0.497 e. The van der Waals surface area contributed by atoms with Crippen molar-refractivity contribution < 1.29 is 13.9 Å². The smallest absolute Gasteiger partial charge is 0.220 e. The maximum absolute atomic E-state index is 13.4. The molecule has 0 aliphatic rings. The van der Waals surface area contributed by atoms with E-state index in [0.717, 1.165) is 11.3 Å². The number of carbonyl (C=O) groups excluding carboxylic acids is 1. The van der Waals surface area contributed by atoms with Gasteiger partial charge >= 0.3 is 0 Å². The molecule has 116 valence electrons. The van der Waals surface area contributed by atoms with Gasteiger partial charge in [-0.3, -0.25) is 4.79 Å². The lowest BCUT2D eigenvalue weighted by Crippen LogP contribution is -2.26. The summed E-state index contributed by atoms with van der Waals surface area (Å²) in [5.41, 5.74) is 1.68. The van der Waals surface area contributed by atoms with Crippen LogP contribution in [0.2, 0.25) is 0 Å². The Morgan fingerprint density at radius 3 is 2.73 bits per heavy atom. The van der Waals surface area contributed by atoms with Crippen LogP contribution in [0.15, 0.2) is 48.5 Å². The van der Waals surface area contributed by atoms with Gasteiger partial charge in [-0.15, -0.1) is 0 Å². The number of ether oxygens (including phenoxy) is 1. The molecule has 0 aliphatic carbocycles. The molecule has 2 rings (SSSR count). The lowest BCUT2D eigenvalue weighted by molar-refractivity contribution is -0.121. The molecule has 0 aliphatic heterocycles. The summed E-state index contributed by atoms with van der Waals surface area (Å²) in [5.74, 6) is 0.532. The summed E-state index contributed by atoms with van der Waals surface area (Å²) in [6, 6.07) is 14.3. The molecule has 2 aromatic carbocycles. The molecular formula is C18H20FNO2. The van der Waals surface area contributed by atoms with Gasteiger partial charge < -0.3 is 10.1 Å². The predicted molar refractivity (Wildman–Crippen MR) is 84.4 cm³/mol. The summed E-state index contributed by atoms with van der Waals surface area (Å²) < 4.78 is 18.6. The average molecular weight is 301 g/mol. The van der Waals surface area contributed by atoms with E-state index >= 15 is 0 Å². The lowest BCUT2D eigenvalue weighted by Gasteiger charge is -2.07. The Labute approximate surface area is 130 Å². The Morgan fingerprint density at radius 2 is 1.95 bits per heavy atom. The molecule has 0 saturated carbocycles. The highest BCUT2D eigenvalue weighted by atomic mass is 19.1. The normalized spacial score (nSPS) is 10.3. The quantitative estimate of drug-likeness (QED) is 0.853. The molecule has 2 aromatic rings. The van der Waals surface area contributed by atoms with Gasteiger partial charge in [-0.05, 0) is 42.2 Å². The van der Waals surface area contributed by atoms with E-state index in [1.165, 1.54) is 6.07 Å². The molecule has 22 heavy (non-hydrogen) atoms. The Kier molecular flexibility index (Phi) is 5.95. The third-order valence-corrected chi connectivity index (χ3v) is 3.45. The Balaban J connectivity index is 1.73. The van der Waals surface area contributed by atoms with Gasteiger partial charge in [-0.2, -0.15) is 0 Å². The van der Waals surface area contributed by atoms with Crippen molar-refractivity contribution in [1.82, 2.24) is 5.32 Å². The van der Waals surface area contributed by atoms with E-state index in [1.807, 2.05) is 24.3 Å². The molecule has 1 amide bonds. The monoisotopic (exact) mass is 301 g/mol. The summed E-state index contributed by atoms with van der Waals surface area (Å²) in [5, 5.41) is 2.82. The molecule has 4 heteroatoms. The molecule has 1 N–H and O–H groups in total. The van der Waals surface area contributed by atoms with Crippen molar-refractivity contribution in [3.63, 3.8) is 0 Å². The first kappa shape index (κ1) is 16.0. The second-order valence-corrected chi connectivity index (χ2v) is 5.04. The molecular weight excluding hydrogens is 281 g/mol. The lowest BCUT2D eigenvalue weighted by atomic mass is 10.1. The number of amides is 1. The Bertz CT molecular complexity index is 628. The highest BCUT2D eigenvalue weighted by Gasteiger charge is 2.04. The van der Waals surface area contributed by atoms with Crippen molar-refractivity contribution in [2.24, 2.45) is 0 Å². The standard InChI is InChI=1S/C18H20FNO2/c1-22-16-7-4-5-14(13-16)9-10-18(21)20-12-11-15-6-2-3-8-17(15)19/h2-8,13H,9-12H2,1H3,(H,20,21). The van der Waals surface area contributed by atoms with Gasteiger partial charge in [0.1, 0.15) is 11.6 Å². The maximum Gasteiger partial charge on any atom is 0.220 e. The highest BCUT2D eigenvalue weighted by Crippen LogP contribution is 2.13. The zero-order valence-corrected chi connectivity index (χ0v) is 12.6. The predicted octanol–water partition coefficient (Wildman–Crippen LogP) is 3.13. The van der Waals surface area contributed by atoms with E-state index < -0.39 is 0 Å². The minimum atomic E-state index is -0.229. The maximum atomic E-state index is 13.4. The number of methoxy groups -OCH3 is 1. The highest BCUT2D eigenvalue weighted by molar-refractivity contribution is 5.76. The largest absolute Gasteiger partial charge is 0.497 e. The first-order valence-corrected chi connectivity index (χ1v) is 7.32. The van der Waals surface area contributed by atoms with Crippen LogP contribution in [0.1, 0.15) is 17.5 Å².